The molecule has 9 nitrogen and oxygen atoms in total. The molecule has 0 saturated heterocycles. The molecule has 1 aliphatic carbocycles. The van der Waals surface area contributed by atoms with Crippen LogP contribution >= 0.6 is 0 Å². The number of hydrogen-bond donors (Lipinski definition) is 2. The Kier molecular flexibility index (Phi) is 8.69. The van der Waals surface area contributed by atoms with E-state index in [1.54, 1.807) is 6.33 Å². The van der Waals surface area contributed by atoms with Crippen LogP contribution in [0.2, 0.25) is 0 Å². The lowest BCUT2D eigenvalue weighted by Gasteiger charge is -2.27. The molecule has 4 atom stereocenters. The Balaban J connectivity index is 1.24. The lowest BCUT2D eigenvalue weighted by atomic mass is 9.94. The van der Waals surface area contributed by atoms with Gasteiger partial charge in [0.1, 0.15) is 6.61 Å². The molecule has 216 valence electrons. The zero-order valence-electron chi connectivity index (χ0n) is 23.3. The number of hydrogen-bond acceptors (Lipinski definition) is 8. The highest BCUT2D eigenvalue weighted by Gasteiger charge is 2.44. The van der Waals surface area contributed by atoms with E-state index in [2.05, 4.69) is 15.0 Å². The molecule has 0 spiro atoms. The maximum Gasteiger partial charge on any atom is 0.247 e. The highest BCUT2D eigenvalue weighted by Crippen LogP contribution is 2.43. The number of ether oxygens (including phenoxy) is 3. The van der Waals surface area contributed by atoms with E-state index >= 15 is 0 Å². The molecule has 2 aromatic heterocycles. The number of nitrogens with two attached hydrogens (primary N) is 1. The molecule has 3 N–H and O–H groups in total. The van der Waals surface area contributed by atoms with Crippen molar-refractivity contribution in [3.05, 3.63) is 114 Å². The Bertz CT molecular complexity index is 1570. The van der Waals surface area contributed by atoms with Gasteiger partial charge >= 0.3 is 0 Å². The number of aliphatic hydroxyl groups is 1. The first-order valence-corrected chi connectivity index (χ1v) is 14.2. The molecule has 3 aromatic carbocycles. The minimum atomic E-state index is -0.650. The first-order valence-electron chi connectivity index (χ1n) is 14.2. The largest absolute Gasteiger partial charge is 0.471 e. The summed E-state index contributed by atoms with van der Waals surface area (Å²) in [6.45, 7) is 2.25. The number of aromatic nitrogens is 4. The summed E-state index contributed by atoms with van der Waals surface area (Å²) in [7, 11) is 0. The van der Waals surface area contributed by atoms with E-state index in [0.29, 0.717) is 56.5 Å². The molecule has 2 heterocycles. The van der Waals surface area contributed by atoms with Gasteiger partial charge in [0.2, 0.25) is 11.8 Å². The molecule has 0 amide bonds. The summed E-state index contributed by atoms with van der Waals surface area (Å²) in [5.41, 5.74) is 10.4. The molecule has 1 aliphatic rings. The average molecular weight is 566 g/mol. The number of nitrogens with zero attached hydrogens (tertiary/aromatic N) is 4. The van der Waals surface area contributed by atoms with Crippen LogP contribution in [0, 0.1) is 11.8 Å². The van der Waals surface area contributed by atoms with Crippen molar-refractivity contribution < 1.29 is 19.3 Å². The van der Waals surface area contributed by atoms with Crippen LogP contribution in [0.1, 0.15) is 29.2 Å². The van der Waals surface area contributed by atoms with Gasteiger partial charge < -0.3 is 29.6 Å². The van der Waals surface area contributed by atoms with Gasteiger partial charge in [-0.3, -0.25) is 0 Å². The zero-order chi connectivity index (χ0) is 28.7. The summed E-state index contributed by atoms with van der Waals surface area (Å²) >= 11 is 0. The maximum absolute atomic E-state index is 11.4. The van der Waals surface area contributed by atoms with Crippen molar-refractivity contribution in [1.29, 1.82) is 0 Å². The third kappa shape index (κ3) is 6.44. The van der Waals surface area contributed by atoms with Crippen LogP contribution < -0.4 is 10.5 Å². The predicted molar refractivity (Wildman–Crippen MR) is 159 cm³/mol. The van der Waals surface area contributed by atoms with Crippen LogP contribution in [-0.4, -0.2) is 43.9 Å². The fourth-order valence-corrected chi connectivity index (χ4v) is 5.75. The fraction of sp³-hybridized carbons (Fsp3) is 0.303. The Hall–Kier alpha value is -4.31. The number of imidazole rings is 1. The Morgan fingerprint density at radius 3 is 1.95 bits per heavy atom. The summed E-state index contributed by atoms with van der Waals surface area (Å²) in [4.78, 5) is 13.5. The molecule has 0 radical (unpaired) electrons. The first kappa shape index (κ1) is 27.8. The fourth-order valence-electron chi connectivity index (χ4n) is 5.75. The number of rotatable bonds is 12. The number of benzene rings is 3. The smallest absolute Gasteiger partial charge is 0.247 e. The molecule has 1 saturated carbocycles. The second kappa shape index (κ2) is 13.1. The van der Waals surface area contributed by atoms with E-state index in [0.717, 1.165) is 16.7 Å². The average Bonchev–Trinajstić information content (AvgIpc) is 3.57. The molecule has 42 heavy (non-hydrogen) atoms. The lowest BCUT2D eigenvalue weighted by molar-refractivity contribution is 0.0207. The quantitative estimate of drug-likeness (QED) is 0.218. The van der Waals surface area contributed by atoms with Crippen LogP contribution in [0.3, 0.4) is 0 Å². The summed E-state index contributed by atoms with van der Waals surface area (Å²) in [5.74, 6) is 0.406. The molecular weight excluding hydrogens is 530 g/mol. The van der Waals surface area contributed by atoms with Crippen molar-refractivity contribution >= 4 is 17.1 Å². The summed E-state index contributed by atoms with van der Waals surface area (Å²) in [5, 5.41) is 11.4. The second-order valence-corrected chi connectivity index (χ2v) is 10.7. The van der Waals surface area contributed by atoms with Gasteiger partial charge in [-0.1, -0.05) is 91.0 Å². The van der Waals surface area contributed by atoms with Crippen LogP contribution in [-0.2, 0) is 29.3 Å². The minimum Gasteiger partial charge on any atom is -0.471 e. The molecule has 5 aromatic rings. The Morgan fingerprint density at radius 2 is 1.33 bits per heavy atom. The zero-order valence-corrected chi connectivity index (χ0v) is 23.3. The van der Waals surface area contributed by atoms with Crippen molar-refractivity contribution in [1.82, 2.24) is 19.5 Å². The van der Waals surface area contributed by atoms with Crippen molar-refractivity contribution in [3.63, 3.8) is 0 Å². The monoisotopic (exact) mass is 565 g/mol. The van der Waals surface area contributed by atoms with Gasteiger partial charge in [-0.2, -0.15) is 9.97 Å². The van der Waals surface area contributed by atoms with Gasteiger partial charge in [0.25, 0.3) is 0 Å². The SMILES string of the molecule is Nc1nc(OCc2ccccc2)c2ncn([C@H]3[C@H](COCc4ccccc4)[C@@H](COCc4ccccc4)C[C@@H]3O)c2n1. The number of fused-ring (bicyclic) bond motifs is 1. The normalized spacial score (nSPS) is 20.2. The first-order chi connectivity index (χ1) is 20.7. The second-order valence-electron chi connectivity index (χ2n) is 10.7. The van der Waals surface area contributed by atoms with E-state index in [9.17, 15) is 5.11 Å². The van der Waals surface area contributed by atoms with Gasteiger partial charge in [-0.05, 0) is 29.0 Å². The van der Waals surface area contributed by atoms with Gasteiger partial charge in [0, 0.05) is 5.92 Å². The van der Waals surface area contributed by atoms with Crippen LogP contribution in [0.5, 0.6) is 5.88 Å². The summed E-state index contributed by atoms with van der Waals surface area (Å²) in [6, 6.07) is 29.7. The van der Waals surface area contributed by atoms with E-state index in [4.69, 9.17) is 19.9 Å². The van der Waals surface area contributed by atoms with E-state index in [1.165, 1.54) is 0 Å². The topological polar surface area (TPSA) is 118 Å². The predicted octanol–water partition coefficient (Wildman–Crippen LogP) is 4.96. The lowest BCUT2D eigenvalue weighted by Crippen LogP contribution is -2.29. The highest BCUT2D eigenvalue weighted by atomic mass is 16.5. The molecular formula is C33H35N5O4. The third-order valence-corrected chi connectivity index (χ3v) is 7.79. The highest BCUT2D eigenvalue weighted by molar-refractivity contribution is 5.77. The molecule has 1 fully saturated rings. The van der Waals surface area contributed by atoms with Gasteiger partial charge in [-0.15, -0.1) is 0 Å². The van der Waals surface area contributed by atoms with Gasteiger partial charge in [-0.25, -0.2) is 4.98 Å². The third-order valence-electron chi connectivity index (χ3n) is 7.79. The molecule has 6 rings (SSSR count). The van der Waals surface area contributed by atoms with Gasteiger partial charge in [0.15, 0.2) is 11.2 Å². The Morgan fingerprint density at radius 1 is 0.762 bits per heavy atom. The Labute approximate surface area is 244 Å². The van der Waals surface area contributed by atoms with Crippen LogP contribution in [0.4, 0.5) is 5.95 Å². The van der Waals surface area contributed by atoms with E-state index < -0.39 is 6.10 Å². The van der Waals surface area contributed by atoms with Crippen molar-refractivity contribution in [3.8, 4) is 5.88 Å². The molecule has 9 heteroatoms. The number of aliphatic hydroxyl groups excluding tert-OH is 1. The molecule has 0 unspecified atom stereocenters. The van der Waals surface area contributed by atoms with Crippen molar-refractivity contribution in [2.45, 2.75) is 38.4 Å². The van der Waals surface area contributed by atoms with E-state index in [-0.39, 0.29) is 23.8 Å². The van der Waals surface area contributed by atoms with Crippen molar-refractivity contribution in [2.75, 3.05) is 18.9 Å². The van der Waals surface area contributed by atoms with Crippen LogP contribution in [0.15, 0.2) is 97.3 Å². The van der Waals surface area contributed by atoms with Gasteiger partial charge in [0.05, 0.1) is 44.9 Å². The maximum atomic E-state index is 11.4. The van der Waals surface area contributed by atoms with Crippen LogP contribution in [0.25, 0.3) is 11.2 Å². The molecule has 0 aliphatic heterocycles. The summed E-state index contributed by atoms with van der Waals surface area (Å²) in [6.07, 6.45) is 1.61. The molecule has 0 bridgehead atoms. The minimum absolute atomic E-state index is 0.0539. The standard InChI is InChI=1S/C33H35N5O4/c34-33-36-31-29(32(37-33)42-19-25-14-8-3-9-15-25)35-22-38(31)30-27(21-41-18-24-12-6-2-7-13-24)26(16-28(30)39)20-40-17-23-10-4-1-5-11-23/h1-15,22,26-28,30,39H,16-21H2,(H2,34,36,37)/t26-,27-,28+,30+/m1/s1. The number of nitrogen functional groups attached to an aromatic ring is 1. The summed E-state index contributed by atoms with van der Waals surface area (Å²) < 4.78 is 20.3. The van der Waals surface area contributed by atoms with Crippen molar-refractivity contribution in [2.24, 2.45) is 11.8 Å². The number of anilines is 1. The van der Waals surface area contributed by atoms with E-state index in [1.807, 2.05) is 95.6 Å².